The minimum atomic E-state index is -0.398. The van der Waals surface area contributed by atoms with Gasteiger partial charge in [-0.05, 0) is 31.0 Å². The lowest BCUT2D eigenvalue weighted by molar-refractivity contribution is 0.421. The van der Waals surface area contributed by atoms with E-state index in [2.05, 4.69) is 19.2 Å². The fourth-order valence-electron chi connectivity index (χ4n) is 1.19. The molecule has 0 radical (unpaired) electrons. The van der Waals surface area contributed by atoms with Gasteiger partial charge in [0.1, 0.15) is 11.6 Å². The Bertz CT molecular complexity index is 323. The summed E-state index contributed by atoms with van der Waals surface area (Å²) in [4.78, 5) is 0. The highest BCUT2D eigenvalue weighted by molar-refractivity contribution is 5.18. The number of hydrogen-bond acceptors (Lipinski definition) is 1. The van der Waals surface area contributed by atoms with Crippen LogP contribution in [-0.4, -0.2) is 6.04 Å². The van der Waals surface area contributed by atoms with E-state index < -0.39 is 5.82 Å². The van der Waals surface area contributed by atoms with Crippen molar-refractivity contribution in [2.45, 2.75) is 33.4 Å². The molecule has 0 aliphatic carbocycles. The van der Waals surface area contributed by atoms with Crippen LogP contribution in [0.25, 0.3) is 0 Å². The lowest BCUT2D eigenvalue weighted by Crippen LogP contribution is -2.30. The van der Waals surface area contributed by atoms with Crippen molar-refractivity contribution in [3.8, 4) is 0 Å². The second-order valence-corrected chi connectivity index (χ2v) is 4.15. The SMILES string of the molecule is CC(C)[C@H](C)NCc1cc(F)ccc1F. The molecule has 0 saturated heterocycles. The Morgan fingerprint density at radius 2 is 1.87 bits per heavy atom. The van der Waals surface area contributed by atoms with Crippen LogP contribution in [0.4, 0.5) is 8.78 Å². The molecule has 0 heterocycles. The fourth-order valence-corrected chi connectivity index (χ4v) is 1.19. The first kappa shape index (κ1) is 12.1. The molecule has 1 N–H and O–H groups in total. The van der Waals surface area contributed by atoms with Crippen molar-refractivity contribution in [1.29, 1.82) is 0 Å². The predicted octanol–water partition coefficient (Wildman–Crippen LogP) is 3.10. The van der Waals surface area contributed by atoms with Gasteiger partial charge < -0.3 is 5.32 Å². The lowest BCUT2D eigenvalue weighted by Gasteiger charge is -2.17. The van der Waals surface area contributed by atoms with Gasteiger partial charge in [0.15, 0.2) is 0 Å². The van der Waals surface area contributed by atoms with E-state index in [1.165, 1.54) is 6.07 Å². The molecule has 0 aliphatic heterocycles. The van der Waals surface area contributed by atoms with Crippen LogP contribution < -0.4 is 5.32 Å². The molecule has 0 aliphatic rings. The van der Waals surface area contributed by atoms with Crippen LogP contribution in [-0.2, 0) is 6.54 Å². The Morgan fingerprint density at radius 3 is 2.47 bits per heavy atom. The maximum atomic E-state index is 13.2. The first-order chi connectivity index (χ1) is 7.00. The minimum absolute atomic E-state index is 0.285. The van der Waals surface area contributed by atoms with Gasteiger partial charge in [0, 0.05) is 18.2 Å². The third-order valence-electron chi connectivity index (χ3n) is 2.62. The van der Waals surface area contributed by atoms with Crippen LogP contribution in [0.15, 0.2) is 18.2 Å². The number of rotatable bonds is 4. The van der Waals surface area contributed by atoms with Gasteiger partial charge in [-0.15, -0.1) is 0 Å². The van der Waals surface area contributed by atoms with Crippen LogP contribution in [0.3, 0.4) is 0 Å². The topological polar surface area (TPSA) is 12.0 Å². The number of halogens is 2. The van der Waals surface area contributed by atoms with E-state index in [1.54, 1.807) is 0 Å². The standard InChI is InChI=1S/C12H17F2N/c1-8(2)9(3)15-7-10-6-11(13)4-5-12(10)14/h4-6,8-9,15H,7H2,1-3H3/t9-/m0/s1. The summed E-state index contributed by atoms with van der Waals surface area (Å²) < 4.78 is 26.1. The number of benzene rings is 1. The van der Waals surface area contributed by atoms with Gasteiger partial charge in [0.05, 0.1) is 0 Å². The molecule has 0 fully saturated rings. The molecular formula is C12H17F2N. The van der Waals surface area contributed by atoms with E-state index in [9.17, 15) is 8.78 Å². The summed E-state index contributed by atoms with van der Waals surface area (Å²) in [5, 5.41) is 3.16. The van der Waals surface area contributed by atoms with E-state index in [0.717, 1.165) is 12.1 Å². The second-order valence-electron chi connectivity index (χ2n) is 4.15. The molecule has 0 aromatic heterocycles. The van der Waals surface area contributed by atoms with Crippen LogP contribution in [0.5, 0.6) is 0 Å². The Morgan fingerprint density at radius 1 is 1.20 bits per heavy atom. The van der Waals surface area contributed by atoms with Crippen molar-refractivity contribution in [2.75, 3.05) is 0 Å². The monoisotopic (exact) mass is 213 g/mol. The normalized spacial score (nSPS) is 13.2. The molecule has 3 heteroatoms. The van der Waals surface area contributed by atoms with E-state index in [4.69, 9.17) is 0 Å². The van der Waals surface area contributed by atoms with Gasteiger partial charge in [-0.2, -0.15) is 0 Å². The molecule has 0 amide bonds. The average molecular weight is 213 g/mol. The van der Waals surface area contributed by atoms with Crippen LogP contribution >= 0.6 is 0 Å². The zero-order valence-electron chi connectivity index (χ0n) is 9.35. The van der Waals surface area contributed by atoms with Gasteiger partial charge >= 0.3 is 0 Å². The highest BCUT2D eigenvalue weighted by Gasteiger charge is 2.08. The first-order valence-corrected chi connectivity index (χ1v) is 5.18. The van der Waals surface area contributed by atoms with Gasteiger partial charge in [-0.25, -0.2) is 8.78 Å². The number of nitrogens with one attached hydrogen (secondary N) is 1. The summed E-state index contributed by atoms with van der Waals surface area (Å²) in [5.74, 6) is -0.285. The van der Waals surface area contributed by atoms with Gasteiger partial charge in [-0.1, -0.05) is 13.8 Å². The zero-order chi connectivity index (χ0) is 11.4. The molecule has 0 spiro atoms. The molecule has 0 bridgehead atoms. The van der Waals surface area contributed by atoms with E-state index in [-0.39, 0.29) is 11.9 Å². The smallest absolute Gasteiger partial charge is 0.127 e. The quantitative estimate of drug-likeness (QED) is 0.810. The largest absolute Gasteiger partial charge is 0.310 e. The van der Waals surface area contributed by atoms with Crippen molar-refractivity contribution in [3.05, 3.63) is 35.4 Å². The molecule has 0 unspecified atom stereocenters. The maximum absolute atomic E-state index is 13.2. The maximum Gasteiger partial charge on any atom is 0.127 e. The Hall–Kier alpha value is -0.960. The van der Waals surface area contributed by atoms with Crippen molar-refractivity contribution in [3.63, 3.8) is 0 Å². The summed E-state index contributed by atoms with van der Waals surface area (Å²) in [6.45, 7) is 6.56. The highest BCUT2D eigenvalue weighted by atomic mass is 19.1. The van der Waals surface area contributed by atoms with Gasteiger partial charge in [-0.3, -0.25) is 0 Å². The zero-order valence-corrected chi connectivity index (χ0v) is 9.35. The molecule has 0 saturated carbocycles. The molecule has 15 heavy (non-hydrogen) atoms. The molecular weight excluding hydrogens is 196 g/mol. The fraction of sp³-hybridized carbons (Fsp3) is 0.500. The summed E-state index contributed by atoms with van der Waals surface area (Å²) in [7, 11) is 0. The lowest BCUT2D eigenvalue weighted by atomic mass is 10.1. The van der Waals surface area contributed by atoms with Crippen LogP contribution in [0, 0.1) is 17.6 Å². The minimum Gasteiger partial charge on any atom is -0.310 e. The third kappa shape index (κ3) is 3.59. The Labute approximate surface area is 89.5 Å². The summed E-state index contributed by atoms with van der Waals surface area (Å²) in [5.41, 5.74) is 0.377. The Kier molecular flexibility index (Phi) is 4.21. The highest BCUT2D eigenvalue weighted by Crippen LogP contribution is 2.10. The van der Waals surface area contributed by atoms with Gasteiger partial charge in [0.25, 0.3) is 0 Å². The van der Waals surface area contributed by atoms with Crippen molar-refractivity contribution < 1.29 is 8.78 Å². The molecule has 1 nitrogen and oxygen atoms in total. The van der Waals surface area contributed by atoms with Crippen LogP contribution in [0.1, 0.15) is 26.3 Å². The molecule has 1 rings (SSSR count). The number of hydrogen-bond donors (Lipinski definition) is 1. The van der Waals surface area contributed by atoms with Crippen molar-refractivity contribution in [2.24, 2.45) is 5.92 Å². The van der Waals surface area contributed by atoms with Gasteiger partial charge in [0.2, 0.25) is 0 Å². The van der Waals surface area contributed by atoms with Crippen molar-refractivity contribution in [1.82, 2.24) is 5.32 Å². The van der Waals surface area contributed by atoms with Crippen LogP contribution in [0.2, 0.25) is 0 Å². The molecule has 1 aromatic rings. The predicted molar refractivity (Wildman–Crippen MR) is 57.5 cm³/mol. The van der Waals surface area contributed by atoms with E-state index >= 15 is 0 Å². The summed E-state index contributed by atoms with van der Waals surface area (Å²) in [6, 6.07) is 3.81. The van der Waals surface area contributed by atoms with E-state index in [1.807, 2.05) is 6.92 Å². The molecule has 84 valence electrons. The molecule has 1 aromatic carbocycles. The first-order valence-electron chi connectivity index (χ1n) is 5.18. The van der Waals surface area contributed by atoms with E-state index in [0.29, 0.717) is 18.0 Å². The Balaban J connectivity index is 2.61. The second kappa shape index (κ2) is 5.21. The average Bonchev–Trinajstić information content (AvgIpc) is 2.18. The molecule has 1 atom stereocenters. The van der Waals surface area contributed by atoms with Crippen molar-refractivity contribution >= 4 is 0 Å². The summed E-state index contributed by atoms with van der Waals surface area (Å²) in [6.07, 6.45) is 0. The third-order valence-corrected chi connectivity index (χ3v) is 2.62. The summed E-state index contributed by atoms with van der Waals surface area (Å²) >= 11 is 0.